The van der Waals surface area contributed by atoms with Crippen LogP contribution in [0.25, 0.3) is 11.1 Å². The highest BCUT2D eigenvalue weighted by Crippen LogP contribution is 2.19. The van der Waals surface area contributed by atoms with Crippen molar-refractivity contribution in [1.82, 2.24) is 0 Å². The van der Waals surface area contributed by atoms with E-state index in [4.69, 9.17) is 0 Å². The van der Waals surface area contributed by atoms with Crippen molar-refractivity contribution in [3.63, 3.8) is 0 Å². The Morgan fingerprint density at radius 2 is 1.47 bits per heavy atom. The summed E-state index contributed by atoms with van der Waals surface area (Å²) in [4.78, 5) is 11.5. The van der Waals surface area contributed by atoms with E-state index in [9.17, 15) is 9.90 Å². The number of rotatable bonds is 3. The molecule has 2 aromatic rings. The SMILES string of the molecule is CC(O)C(=O)c1ccc(-c2ccccc2)cc1. The fourth-order valence-corrected chi connectivity index (χ4v) is 1.70. The first-order chi connectivity index (χ1) is 8.18. The van der Waals surface area contributed by atoms with Crippen LogP contribution >= 0.6 is 0 Å². The standard InChI is InChI=1S/C15H14O2/c1-11(16)15(17)14-9-7-13(8-10-14)12-5-3-2-4-6-12/h2-11,16H,1H3. The highest BCUT2D eigenvalue weighted by molar-refractivity contribution is 5.99. The fourth-order valence-electron chi connectivity index (χ4n) is 1.70. The van der Waals surface area contributed by atoms with Gasteiger partial charge in [-0.2, -0.15) is 0 Å². The van der Waals surface area contributed by atoms with Crippen LogP contribution in [-0.2, 0) is 0 Å². The molecule has 0 aliphatic rings. The third-order valence-electron chi connectivity index (χ3n) is 2.66. The zero-order valence-corrected chi connectivity index (χ0v) is 9.63. The molecule has 0 heterocycles. The van der Waals surface area contributed by atoms with Crippen LogP contribution in [0.5, 0.6) is 0 Å². The van der Waals surface area contributed by atoms with E-state index in [1.165, 1.54) is 6.92 Å². The quantitative estimate of drug-likeness (QED) is 0.817. The van der Waals surface area contributed by atoms with Crippen molar-refractivity contribution in [3.05, 3.63) is 60.2 Å². The lowest BCUT2D eigenvalue weighted by Gasteiger charge is -2.05. The summed E-state index contributed by atoms with van der Waals surface area (Å²) < 4.78 is 0. The molecule has 2 rings (SSSR count). The van der Waals surface area contributed by atoms with Crippen LogP contribution in [0.15, 0.2) is 54.6 Å². The molecule has 0 radical (unpaired) electrons. The second-order valence-corrected chi connectivity index (χ2v) is 3.98. The Labute approximate surface area is 101 Å². The molecule has 1 N–H and O–H groups in total. The number of aliphatic hydroxyl groups is 1. The molecule has 0 saturated carbocycles. The second kappa shape index (κ2) is 4.93. The molecule has 0 spiro atoms. The molecule has 1 unspecified atom stereocenters. The van der Waals surface area contributed by atoms with Crippen molar-refractivity contribution in [1.29, 1.82) is 0 Å². The van der Waals surface area contributed by atoms with Crippen molar-refractivity contribution in [2.45, 2.75) is 13.0 Å². The smallest absolute Gasteiger partial charge is 0.190 e. The van der Waals surface area contributed by atoms with Crippen LogP contribution in [0.1, 0.15) is 17.3 Å². The summed E-state index contributed by atoms with van der Waals surface area (Å²) in [5, 5.41) is 9.21. The average Bonchev–Trinajstić information content (AvgIpc) is 2.39. The molecule has 0 saturated heterocycles. The van der Waals surface area contributed by atoms with Gasteiger partial charge in [-0.3, -0.25) is 4.79 Å². The van der Waals surface area contributed by atoms with E-state index < -0.39 is 6.10 Å². The van der Waals surface area contributed by atoms with E-state index in [2.05, 4.69) is 0 Å². The van der Waals surface area contributed by atoms with Crippen LogP contribution in [0.2, 0.25) is 0 Å². The van der Waals surface area contributed by atoms with Crippen LogP contribution in [-0.4, -0.2) is 17.0 Å². The number of hydrogen-bond acceptors (Lipinski definition) is 2. The summed E-state index contributed by atoms with van der Waals surface area (Å²) in [6, 6.07) is 17.2. The third-order valence-corrected chi connectivity index (χ3v) is 2.66. The lowest BCUT2D eigenvalue weighted by atomic mass is 10.0. The van der Waals surface area contributed by atoms with Gasteiger partial charge in [-0.1, -0.05) is 54.6 Å². The molecule has 0 aromatic heterocycles. The molecular formula is C15H14O2. The van der Waals surface area contributed by atoms with Crippen molar-refractivity contribution >= 4 is 5.78 Å². The predicted molar refractivity (Wildman–Crippen MR) is 67.9 cm³/mol. The van der Waals surface area contributed by atoms with Crippen LogP contribution in [0.3, 0.4) is 0 Å². The Hall–Kier alpha value is -1.93. The summed E-state index contributed by atoms with van der Waals surface area (Å²) >= 11 is 0. The fraction of sp³-hybridized carbons (Fsp3) is 0.133. The van der Waals surface area contributed by atoms with Crippen LogP contribution < -0.4 is 0 Å². The van der Waals surface area contributed by atoms with Gasteiger partial charge < -0.3 is 5.11 Å². The largest absolute Gasteiger partial charge is 0.385 e. The zero-order valence-electron chi connectivity index (χ0n) is 9.63. The minimum absolute atomic E-state index is 0.246. The normalized spacial score (nSPS) is 12.1. The van der Waals surface area contributed by atoms with Gasteiger partial charge in [0.25, 0.3) is 0 Å². The van der Waals surface area contributed by atoms with E-state index in [0.717, 1.165) is 11.1 Å². The summed E-state index contributed by atoms with van der Waals surface area (Å²) in [7, 11) is 0. The number of aliphatic hydroxyl groups excluding tert-OH is 1. The highest BCUT2D eigenvalue weighted by Gasteiger charge is 2.11. The molecule has 0 aliphatic heterocycles. The van der Waals surface area contributed by atoms with Gasteiger partial charge in [0, 0.05) is 5.56 Å². The second-order valence-electron chi connectivity index (χ2n) is 3.98. The van der Waals surface area contributed by atoms with Gasteiger partial charge in [-0.25, -0.2) is 0 Å². The maximum atomic E-state index is 11.5. The Bertz CT molecular complexity index is 498. The molecule has 17 heavy (non-hydrogen) atoms. The van der Waals surface area contributed by atoms with Gasteiger partial charge in [0.2, 0.25) is 0 Å². The van der Waals surface area contributed by atoms with Gasteiger partial charge in [-0.05, 0) is 18.1 Å². The third kappa shape index (κ3) is 2.60. The average molecular weight is 226 g/mol. The van der Waals surface area contributed by atoms with E-state index in [1.807, 2.05) is 42.5 Å². The van der Waals surface area contributed by atoms with Gasteiger partial charge in [0.1, 0.15) is 6.10 Å². The number of Topliss-reactive ketones (excluding diaryl/α,β-unsaturated/α-hetero) is 1. The van der Waals surface area contributed by atoms with E-state index in [-0.39, 0.29) is 5.78 Å². The number of hydrogen-bond donors (Lipinski definition) is 1. The van der Waals surface area contributed by atoms with Gasteiger partial charge in [0.05, 0.1) is 0 Å². The van der Waals surface area contributed by atoms with Gasteiger partial charge in [0.15, 0.2) is 5.78 Å². The van der Waals surface area contributed by atoms with Gasteiger partial charge >= 0.3 is 0 Å². The molecule has 86 valence electrons. The Balaban J connectivity index is 2.28. The summed E-state index contributed by atoms with van der Waals surface area (Å²) in [6.07, 6.45) is -0.947. The Morgan fingerprint density at radius 1 is 0.941 bits per heavy atom. The van der Waals surface area contributed by atoms with Crippen molar-refractivity contribution in [2.75, 3.05) is 0 Å². The molecule has 0 fully saturated rings. The minimum atomic E-state index is -0.947. The number of benzene rings is 2. The van der Waals surface area contributed by atoms with Crippen molar-refractivity contribution in [3.8, 4) is 11.1 Å². The molecule has 2 aromatic carbocycles. The van der Waals surface area contributed by atoms with Crippen molar-refractivity contribution < 1.29 is 9.90 Å². The first-order valence-electron chi connectivity index (χ1n) is 5.56. The number of carbonyl (C=O) groups is 1. The highest BCUT2D eigenvalue weighted by atomic mass is 16.3. The number of ketones is 1. The first kappa shape index (κ1) is 11.6. The van der Waals surface area contributed by atoms with Crippen molar-refractivity contribution in [2.24, 2.45) is 0 Å². The number of carbonyl (C=O) groups excluding carboxylic acids is 1. The molecule has 2 nitrogen and oxygen atoms in total. The lowest BCUT2D eigenvalue weighted by molar-refractivity contribution is 0.0779. The van der Waals surface area contributed by atoms with E-state index in [0.29, 0.717) is 5.56 Å². The Kier molecular flexibility index (Phi) is 3.35. The maximum Gasteiger partial charge on any atom is 0.190 e. The van der Waals surface area contributed by atoms with E-state index in [1.54, 1.807) is 12.1 Å². The predicted octanol–water partition coefficient (Wildman–Crippen LogP) is 2.92. The zero-order chi connectivity index (χ0) is 12.3. The monoisotopic (exact) mass is 226 g/mol. The molecule has 2 heteroatoms. The molecule has 0 amide bonds. The lowest BCUT2D eigenvalue weighted by Crippen LogP contribution is -2.15. The molecule has 0 bridgehead atoms. The molecule has 0 aliphatic carbocycles. The minimum Gasteiger partial charge on any atom is -0.385 e. The summed E-state index contributed by atoms with van der Waals surface area (Å²) in [5.74, 6) is -0.246. The first-order valence-corrected chi connectivity index (χ1v) is 5.56. The Morgan fingerprint density at radius 3 is 2.00 bits per heavy atom. The molecular weight excluding hydrogens is 212 g/mol. The summed E-state index contributed by atoms with van der Waals surface area (Å²) in [5.41, 5.74) is 2.72. The summed E-state index contributed by atoms with van der Waals surface area (Å²) in [6.45, 7) is 1.48. The maximum absolute atomic E-state index is 11.5. The topological polar surface area (TPSA) is 37.3 Å². The van der Waals surface area contributed by atoms with Crippen LogP contribution in [0, 0.1) is 0 Å². The van der Waals surface area contributed by atoms with Crippen LogP contribution in [0.4, 0.5) is 0 Å². The molecule has 1 atom stereocenters. The van der Waals surface area contributed by atoms with Gasteiger partial charge in [-0.15, -0.1) is 0 Å². The van der Waals surface area contributed by atoms with E-state index >= 15 is 0 Å².